The molecule has 1 heterocycles. The number of carbonyl (C=O) groups excluding carboxylic acids is 2. The second-order valence-corrected chi connectivity index (χ2v) is 7.91. The lowest BCUT2D eigenvalue weighted by molar-refractivity contribution is 0.0989. The number of anilines is 2. The Labute approximate surface area is 193 Å². The Balaban J connectivity index is 1.41. The van der Waals surface area contributed by atoms with Crippen molar-refractivity contribution in [1.29, 1.82) is 0 Å². The van der Waals surface area contributed by atoms with E-state index in [-0.39, 0.29) is 11.9 Å². The first-order chi connectivity index (χ1) is 16.0. The van der Waals surface area contributed by atoms with Crippen LogP contribution < -0.4 is 25.0 Å². The number of nitrogens with zero attached hydrogens (tertiary/aromatic N) is 1. The van der Waals surface area contributed by atoms with Crippen LogP contribution in [-0.4, -0.2) is 32.7 Å². The topological polar surface area (TPSA) is 79.9 Å². The van der Waals surface area contributed by atoms with Crippen LogP contribution in [0.5, 0.6) is 11.5 Å². The third-order valence-corrected chi connectivity index (χ3v) is 5.68. The average molecular weight is 446 g/mol. The number of nitrogens with one attached hydrogen (secondary N) is 2. The molecule has 0 fully saturated rings. The molecule has 0 saturated heterocycles. The van der Waals surface area contributed by atoms with Crippen molar-refractivity contribution in [2.75, 3.05) is 31.0 Å². The lowest BCUT2D eigenvalue weighted by atomic mass is 10.1. The Morgan fingerprint density at radius 2 is 1.70 bits per heavy atom. The number of amides is 3. The SMILES string of the molecule is COc1ccc(NC(=O)NCc2ccc3c(c2)N(C(=O)c2ccc(C)cc2)CC3)cc1OC. The minimum absolute atomic E-state index is 0.00921. The first-order valence-electron chi connectivity index (χ1n) is 10.8. The van der Waals surface area contributed by atoms with E-state index in [9.17, 15) is 9.59 Å². The summed E-state index contributed by atoms with van der Waals surface area (Å²) in [5.74, 6) is 1.11. The van der Waals surface area contributed by atoms with Gasteiger partial charge in [-0.05, 0) is 54.8 Å². The Morgan fingerprint density at radius 3 is 2.42 bits per heavy atom. The van der Waals surface area contributed by atoms with E-state index >= 15 is 0 Å². The van der Waals surface area contributed by atoms with Crippen LogP contribution in [0.3, 0.4) is 0 Å². The highest BCUT2D eigenvalue weighted by Crippen LogP contribution is 2.31. The fraction of sp³-hybridized carbons (Fsp3) is 0.231. The van der Waals surface area contributed by atoms with Crippen molar-refractivity contribution in [1.82, 2.24) is 5.32 Å². The summed E-state index contributed by atoms with van der Waals surface area (Å²) in [5.41, 5.74) is 5.34. The van der Waals surface area contributed by atoms with E-state index < -0.39 is 0 Å². The van der Waals surface area contributed by atoms with Crippen molar-refractivity contribution in [3.8, 4) is 11.5 Å². The molecule has 0 radical (unpaired) electrons. The monoisotopic (exact) mass is 445 g/mol. The van der Waals surface area contributed by atoms with Crippen LogP contribution in [-0.2, 0) is 13.0 Å². The van der Waals surface area contributed by atoms with Gasteiger partial charge in [0.1, 0.15) is 0 Å². The molecule has 0 spiro atoms. The molecule has 0 bridgehead atoms. The number of urea groups is 1. The van der Waals surface area contributed by atoms with Crippen molar-refractivity contribution in [3.05, 3.63) is 82.9 Å². The molecule has 7 nitrogen and oxygen atoms in total. The van der Waals surface area contributed by atoms with E-state index in [1.165, 1.54) is 0 Å². The van der Waals surface area contributed by atoms with Gasteiger partial charge in [-0.25, -0.2) is 4.79 Å². The molecule has 170 valence electrons. The summed E-state index contributed by atoms with van der Waals surface area (Å²) in [6.07, 6.45) is 0.820. The van der Waals surface area contributed by atoms with E-state index in [2.05, 4.69) is 10.6 Å². The number of ether oxygens (including phenoxy) is 2. The molecule has 0 saturated carbocycles. The van der Waals surface area contributed by atoms with Crippen molar-refractivity contribution in [2.45, 2.75) is 19.9 Å². The van der Waals surface area contributed by atoms with Crippen molar-refractivity contribution in [3.63, 3.8) is 0 Å². The molecule has 33 heavy (non-hydrogen) atoms. The quantitative estimate of drug-likeness (QED) is 0.584. The minimum Gasteiger partial charge on any atom is -0.493 e. The molecule has 3 aromatic rings. The molecule has 7 heteroatoms. The molecule has 2 N–H and O–H groups in total. The van der Waals surface area contributed by atoms with E-state index in [4.69, 9.17) is 9.47 Å². The molecule has 4 rings (SSSR count). The van der Waals surface area contributed by atoms with Gasteiger partial charge in [-0.2, -0.15) is 0 Å². The third kappa shape index (κ3) is 4.92. The summed E-state index contributed by atoms with van der Waals surface area (Å²) in [6, 6.07) is 18.4. The Bertz CT molecular complexity index is 1170. The lowest BCUT2D eigenvalue weighted by Gasteiger charge is -2.18. The molecule has 0 unspecified atom stereocenters. The molecule has 1 aliphatic rings. The predicted octanol–water partition coefficient (Wildman–Crippen LogP) is 4.54. The highest BCUT2D eigenvalue weighted by molar-refractivity contribution is 6.07. The first kappa shape index (κ1) is 22.2. The van der Waals surface area contributed by atoms with Gasteiger partial charge in [-0.3, -0.25) is 4.79 Å². The van der Waals surface area contributed by atoms with E-state index in [1.807, 2.05) is 54.3 Å². The molecule has 3 aromatic carbocycles. The van der Waals surface area contributed by atoms with Crippen LogP contribution in [0.15, 0.2) is 60.7 Å². The van der Waals surface area contributed by atoms with Gasteiger partial charge >= 0.3 is 6.03 Å². The summed E-state index contributed by atoms with van der Waals surface area (Å²) in [7, 11) is 3.10. The Kier molecular flexibility index (Phi) is 6.49. The van der Waals surface area contributed by atoms with Gasteiger partial charge in [0.25, 0.3) is 5.91 Å². The number of fused-ring (bicyclic) bond motifs is 1. The van der Waals surface area contributed by atoms with Crippen LogP contribution in [0, 0.1) is 6.92 Å². The summed E-state index contributed by atoms with van der Waals surface area (Å²) < 4.78 is 10.5. The number of aryl methyl sites for hydroxylation is 1. The fourth-order valence-corrected chi connectivity index (χ4v) is 3.87. The van der Waals surface area contributed by atoms with Crippen molar-refractivity contribution in [2.24, 2.45) is 0 Å². The van der Waals surface area contributed by atoms with Gasteiger partial charge in [-0.15, -0.1) is 0 Å². The van der Waals surface area contributed by atoms with Gasteiger partial charge in [0.05, 0.1) is 14.2 Å². The number of hydrogen-bond donors (Lipinski definition) is 2. The standard InChI is InChI=1S/C26H27N3O4/c1-17-4-7-20(8-5-17)25(30)29-13-12-19-9-6-18(14-22(19)29)16-27-26(31)28-21-10-11-23(32-2)24(15-21)33-3/h4-11,14-15H,12-13,16H2,1-3H3,(H2,27,28,31). The maximum Gasteiger partial charge on any atom is 0.319 e. The zero-order chi connectivity index (χ0) is 23.4. The largest absolute Gasteiger partial charge is 0.493 e. The minimum atomic E-state index is -0.338. The Morgan fingerprint density at radius 1 is 0.939 bits per heavy atom. The van der Waals surface area contributed by atoms with E-state index in [0.717, 1.165) is 28.8 Å². The molecular formula is C26H27N3O4. The summed E-state index contributed by atoms with van der Waals surface area (Å²) in [6.45, 7) is 2.98. The van der Waals surface area contributed by atoms with Gasteiger partial charge < -0.3 is 25.0 Å². The molecular weight excluding hydrogens is 418 g/mol. The molecule has 1 aliphatic heterocycles. The lowest BCUT2D eigenvalue weighted by Crippen LogP contribution is -2.29. The van der Waals surface area contributed by atoms with Crippen molar-refractivity contribution >= 4 is 23.3 Å². The molecule has 3 amide bonds. The highest BCUT2D eigenvalue weighted by Gasteiger charge is 2.25. The maximum atomic E-state index is 13.0. The van der Waals surface area contributed by atoms with E-state index in [0.29, 0.717) is 35.8 Å². The maximum absolute atomic E-state index is 13.0. The van der Waals surface area contributed by atoms with Gasteiger partial charge in [0, 0.05) is 36.1 Å². The van der Waals surface area contributed by atoms with Gasteiger partial charge in [0.2, 0.25) is 0 Å². The Hall–Kier alpha value is -4.00. The summed E-state index contributed by atoms with van der Waals surface area (Å²) in [5, 5.41) is 5.65. The second kappa shape index (κ2) is 9.65. The number of hydrogen-bond acceptors (Lipinski definition) is 4. The first-order valence-corrected chi connectivity index (χ1v) is 10.8. The van der Waals surface area contributed by atoms with Crippen LogP contribution >= 0.6 is 0 Å². The van der Waals surface area contributed by atoms with E-state index in [1.54, 1.807) is 32.4 Å². The number of methoxy groups -OCH3 is 2. The number of benzene rings is 3. The zero-order valence-corrected chi connectivity index (χ0v) is 19.0. The number of carbonyl (C=O) groups is 2. The average Bonchev–Trinajstić information content (AvgIpc) is 3.26. The number of rotatable bonds is 6. The van der Waals surface area contributed by atoms with Crippen LogP contribution in [0.25, 0.3) is 0 Å². The third-order valence-electron chi connectivity index (χ3n) is 5.68. The zero-order valence-electron chi connectivity index (χ0n) is 19.0. The molecule has 0 atom stereocenters. The summed E-state index contributed by atoms with van der Waals surface area (Å²) >= 11 is 0. The van der Waals surface area contributed by atoms with Crippen LogP contribution in [0.4, 0.5) is 16.2 Å². The summed E-state index contributed by atoms with van der Waals surface area (Å²) in [4.78, 5) is 27.2. The highest BCUT2D eigenvalue weighted by atomic mass is 16.5. The second-order valence-electron chi connectivity index (χ2n) is 7.91. The normalized spacial score (nSPS) is 12.2. The van der Waals surface area contributed by atoms with Crippen LogP contribution in [0.2, 0.25) is 0 Å². The van der Waals surface area contributed by atoms with Crippen LogP contribution in [0.1, 0.15) is 27.0 Å². The predicted molar refractivity (Wildman–Crippen MR) is 128 cm³/mol. The van der Waals surface area contributed by atoms with Gasteiger partial charge in [-0.1, -0.05) is 29.8 Å². The van der Waals surface area contributed by atoms with Crippen molar-refractivity contribution < 1.29 is 19.1 Å². The molecule has 0 aromatic heterocycles. The fourth-order valence-electron chi connectivity index (χ4n) is 3.87. The smallest absolute Gasteiger partial charge is 0.319 e. The molecule has 0 aliphatic carbocycles. The van der Waals surface area contributed by atoms with Gasteiger partial charge in [0.15, 0.2) is 11.5 Å².